The van der Waals surface area contributed by atoms with E-state index in [9.17, 15) is 14.7 Å². The van der Waals surface area contributed by atoms with E-state index in [1.165, 1.54) is 26.2 Å². The number of carbonyl (C=O) groups excluding carboxylic acids is 2. The predicted octanol–water partition coefficient (Wildman–Crippen LogP) is 0.863. The Hall–Kier alpha value is -1.62. The van der Waals surface area contributed by atoms with Gasteiger partial charge < -0.3 is 19.1 Å². The molecule has 1 aromatic heterocycles. The summed E-state index contributed by atoms with van der Waals surface area (Å²) in [4.78, 5) is 21.3. The van der Waals surface area contributed by atoms with Gasteiger partial charge in [-0.1, -0.05) is 0 Å². The molecule has 1 N–H and O–H groups in total. The van der Waals surface area contributed by atoms with E-state index in [1.54, 1.807) is 0 Å². The van der Waals surface area contributed by atoms with E-state index >= 15 is 0 Å². The highest BCUT2D eigenvalue weighted by Gasteiger charge is 2.27. The molecule has 0 aliphatic heterocycles. The molecule has 1 rings (SSSR count). The van der Waals surface area contributed by atoms with Crippen LogP contribution in [0.15, 0.2) is 16.5 Å². The highest BCUT2D eigenvalue weighted by atomic mass is 16.5. The van der Waals surface area contributed by atoms with Gasteiger partial charge >= 0.3 is 5.97 Å². The molecule has 0 amide bonds. The quantitative estimate of drug-likeness (QED) is 0.591. The number of aldehydes is 1. The Bertz CT molecular complexity index is 364. The SMILES string of the molecule is COC(=O)c1ccc(C(C)(O)CC=O)o1. The monoisotopic (exact) mass is 212 g/mol. The minimum atomic E-state index is -1.39. The fourth-order valence-corrected chi connectivity index (χ4v) is 1.10. The maximum atomic E-state index is 11.0. The van der Waals surface area contributed by atoms with Gasteiger partial charge in [0, 0.05) is 6.42 Å². The molecule has 5 nitrogen and oxygen atoms in total. The lowest BCUT2D eigenvalue weighted by Crippen LogP contribution is -2.20. The van der Waals surface area contributed by atoms with Crippen LogP contribution in [0.1, 0.15) is 29.7 Å². The van der Waals surface area contributed by atoms with E-state index in [0.29, 0.717) is 6.29 Å². The van der Waals surface area contributed by atoms with Crippen LogP contribution in [0.2, 0.25) is 0 Å². The summed E-state index contributed by atoms with van der Waals surface area (Å²) >= 11 is 0. The van der Waals surface area contributed by atoms with Gasteiger partial charge in [-0.15, -0.1) is 0 Å². The number of hydrogen-bond acceptors (Lipinski definition) is 5. The molecule has 5 heteroatoms. The van der Waals surface area contributed by atoms with Crippen LogP contribution in [0, 0.1) is 0 Å². The molecule has 82 valence electrons. The number of aliphatic hydroxyl groups is 1. The highest BCUT2D eigenvalue weighted by molar-refractivity contribution is 5.86. The Kier molecular flexibility index (Phi) is 3.26. The fourth-order valence-electron chi connectivity index (χ4n) is 1.10. The summed E-state index contributed by atoms with van der Waals surface area (Å²) in [5.41, 5.74) is -1.39. The summed E-state index contributed by atoms with van der Waals surface area (Å²) in [6.45, 7) is 1.43. The number of esters is 1. The summed E-state index contributed by atoms with van der Waals surface area (Å²) < 4.78 is 9.51. The summed E-state index contributed by atoms with van der Waals surface area (Å²) in [5.74, 6) is -0.461. The molecule has 1 heterocycles. The van der Waals surface area contributed by atoms with Crippen LogP contribution < -0.4 is 0 Å². The Morgan fingerprint density at radius 1 is 1.67 bits per heavy atom. The summed E-state index contributed by atoms with van der Waals surface area (Å²) in [6, 6.07) is 2.83. The van der Waals surface area contributed by atoms with Crippen molar-refractivity contribution in [2.24, 2.45) is 0 Å². The van der Waals surface area contributed by atoms with Gasteiger partial charge in [0.05, 0.1) is 7.11 Å². The molecular weight excluding hydrogens is 200 g/mol. The van der Waals surface area contributed by atoms with Crippen molar-refractivity contribution in [1.82, 2.24) is 0 Å². The minimum absolute atomic E-state index is 0.00123. The second kappa shape index (κ2) is 4.27. The molecule has 0 aliphatic carbocycles. The molecular formula is C10H12O5. The Morgan fingerprint density at radius 2 is 2.33 bits per heavy atom. The molecule has 0 saturated heterocycles. The fraction of sp³-hybridized carbons (Fsp3) is 0.400. The van der Waals surface area contributed by atoms with Gasteiger partial charge in [0.2, 0.25) is 5.76 Å². The third kappa shape index (κ3) is 2.44. The standard InChI is InChI=1S/C10H12O5/c1-10(13,5-6-11)8-4-3-7(15-8)9(12)14-2/h3-4,6,13H,5H2,1-2H3. The molecule has 0 aromatic carbocycles. The van der Waals surface area contributed by atoms with Crippen LogP contribution >= 0.6 is 0 Å². The lowest BCUT2D eigenvalue weighted by Gasteiger charge is -2.16. The Labute approximate surface area is 86.6 Å². The van der Waals surface area contributed by atoms with E-state index < -0.39 is 11.6 Å². The smallest absolute Gasteiger partial charge is 0.373 e. The van der Waals surface area contributed by atoms with E-state index in [2.05, 4.69) is 4.74 Å². The summed E-state index contributed by atoms with van der Waals surface area (Å²) in [6.07, 6.45) is 0.488. The van der Waals surface area contributed by atoms with Gasteiger partial charge in [-0.3, -0.25) is 0 Å². The van der Waals surface area contributed by atoms with E-state index in [1.807, 2.05) is 0 Å². The van der Waals surface area contributed by atoms with Crippen molar-refractivity contribution in [2.75, 3.05) is 7.11 Å². The second-order valence-electron chi connectivity index (χ2n) is 3.30. The third-order valence-corrected chi connectivity index (χ3v) is 2.00. The minimum Gasteiger partial charge on any atom is -0.463 e. The molecule has 0 aliphatic rings. The first-order valence-electron chi connectivity index (χ1n) is 4.36. The van der Waals surface area contributed by atoms with Crippen molar-refractivity contribution in [1.29, 1.82) is 0 Å². The first-order chi connectivity index (χ1) is 7.01. The first-order valence-corrected chi connectivity index (χ1v) is 4.36. The zero-order valence-corrected chi connectivity index (χ0v) is 8.52. The highest BCUT2D eigenvalue weighted by Crippen LogP contribution is 2.25. The van der Waals surface area contributed by atoms with Crippen molar-refractivity contribution < 1.29 is 23.8 Å². The van der Waals surface area contributed by atoms with Crippen LogP contribution in [-0.2, 0) is 15.1 Å². The molecule has 1 aromatic rings. The third-order valence-electron chi connectivity index (χ3n) is 2.00. The van der Waals surface area contributed by atoms with Crippen molar-refractivity contribution in [3.05, 3.63) is 23.7 Å². The average Bonchev–Trinajstić information content (AvgIpc) is 2.66. The van der Waals surface area contributed by atoms with Crippen LogP contribution in [0.5, 0.6) is 0 Å². The van der Waals surface area contributed by atoms with Crippen molar-refractivity contribution >= 4 is 12.3 Å². The van der Waals surface area contributed by atoms with Gasteiger partial charge in [-0.2, -0.15) is 0 Å². The van der Waals surface area contributed by atoms with Crippen LogP contribution in [-0.4, -0.2) is 24.5 Å². The lowest BCUT2D eigenvalue weighted by atomic mass is 10.0. The van der Waals surface area contributed by atoms with Gasteiger partial charge in [-0.25, -0.2) is 4.79 Å². The largest absolute Gasteiger partial charge is 0.463 e. The number of furan rings is 1. The van der Waals surface area contributed by atoms with Gasteiger partial charge in [0.1, 0.15) is 17.6 Å². The molecule has 15 heavy (non-hydrogen) atoms. The maximum Gasteiger partial charge on any atom is 0.373 e. The lowest BCUT2D eigenvalue weighted by molar-refractivity contribution is -0.112. The Balaban J connectivity index is 2.92. The van der Waals surface area contributed by atoms with Gasteiger partial charge in [-0.05, 0) is 19.1 Å². The number of ether oxygens (including phenoxy) is 1. The van der Waals surface area contributed by atoms with Crippen LogP contribution in [0.4, 0.5) is 0 Å². The number of carbonyl (C=O) groups is 2. The molecule has 0 bridgehead atoms. The van der Waals surface area contributed by atoms with E-state index in [0.717, 1.165) is 0 Å². The maximum absolute atomic E-state index is 11.0. The molecule has 1 atom stereocenters. The van der Waals surface area contributed by atoms with Crippen LogP contribution in [0.25, 0.3) is 0 Å². The predicted molar refractivity (Wildman–Crippen MR) is 50.3 cm³/mol. The van der Waals surface area contributed by atoms with Crippen molar-refractivity contribution in [3.63, 3.8) is 0 Å². The number of rotatable bonds is 4. The van der Waals surface area contributed by atoms with E-state index in [4.69, 9.17) is 4.42 Å². The van der Waals surface area contributed by atoms with E-state index in [-0.39, 0.29) is 17.9 Å². The van der Waals surface area contributed by atoms with Gasteiger partial charge in [0.15, 0.2) is 0 Å². The first kappa shape index (κ1) is 11.5. The molecule has 1 unspecified atom stereocenters. The summed E-state index contributed by atoms with van der Waals surface area (Å²) in [7, 11) is 1.23. The zero-order chi connectivity index (χ0) is 11.5. The molecule has 0 radical (unpaired) electrons. The zero-order valence-electron chi connectivity index (χ0n) is 8.52. The topological polar surface area (TPSA) is 76.7 Å². The Morgan fingerprint density at radius 3 is 2.87 bits per heavy atom. The van der Waals surface area contributed by atoms with Crippen molar-refractivity contribution in [2.45, 2.75) is 18.9 Å². The molecule has 0 fully saturated rings. The molecule has 0 spiro atoms. The average molecular weight is 212 g/mol. The molecule has 0 saturated carbocycles. The normalized spacial score (nSPS) is 14.3. The van der Waals surface area contributed by atoms with Gasteiger partial charge in [0.25, 0.3) is 0 Å². The summed E-state index contributed by atoms with van der Waals surface area (Å²) in [5, 5.41) is 9.78. The van der Waals surface area contributed by atoms with Crippen molar-refractivity contribution in [3.8, 4) is 0 Å². The number of hydrogen-bond donors (Lipinski definition) is 1. The second-order valence-corrected chi connectivity index (χ2v) is 3.30. The number of methoxy groups -OCH3 is 1. The van der Waals surface area contributed by atoms with Crippen LogP contribution in [0.3, 0.4) is 0 Å².